The minimum absolute atomic E-state index is 0.253. The first-order valence-electron chi connectivity index (χ1n) is 7.77. The molecular weight excluding hydrogens is 260 g/mol. The number of rotatable bonds is 9. The highest BCUT2D eigenvalue weighted by molar-refractivity contribution is 5.27. The number of ether oxygens (including phenoxy) is 1. The van der Waals surface area contributed by atoms with E-state index in [1.165, 1.54) is 5.56 Å². The van der Waals surface area contributed by atoms with Crippen molar-refractivity contribution in [2.75, 3.05) is 13.7 Å². The lowest BCUT2D eigenvalue weighted by molar-refractivity contribution is 0.284. The molecule has 116 valence electrons. The number of hydrogen-bond acceptors (Lipinski definition) is 3. The normalized spacial score (nSPS) is 12.7. The molecule has 0 bridgehead atoms. The van der Waals surface area contributed by atoms with Gasteiger partial charge >= 0.3 is 0 Å². The molecule has 0 amide bonds. The second-order valence-corrected chi connectivity index (χ2v) is 6.32. The predicted octanol–water partition coefficient (Wildman–Crippen LogP) is 3.94. The van der Waals surface area contributed by atoms with E-state index in [1.54, 1.807) is 0 Å². The van der Waals surface area contributed by atoms with E-state index in [-0.39, 0.29) is 5.41 Å². The molecule has 1 atom stereocenters. The van der Waals surface area contributed by atoms with Crippen LogP contribution in [0.5, 0.6) is 5.75 Å². The van der Waals surface area contributed by atoms with Gasteiger partial charge in [-0.1, -0.05) is 12.1 Å². The molecule has 21 heavy (non-hydrogen) atoms. The average molecular weight is 288 g/mol. The maximum Gasteiger partial charge on any atom is 0.119 e. The fraction of sp³-hybridized carbons (Fsp3) is 0.611. The lowest BCUT2D eigenvalue weighted by Crippen LogP contribution is -2.21. The SMILES string of the molecule is CNC(C)CCc1ccc(OCCCC(C)(C)C#N)cc1. The number of benzene rings is 1. The highest BCUT2D eigenvalue weighted by Crippen LogP contribution is 2.21. The van der Waals surface area contributed by atoms with E-state index < -0.39 is 0 Å². The molecule has 1 unspecified atom stereocenters. The maximum absolute atomic E-state index is 8.95. The fourth-order valence-electron chi connectivity index (χ4n) is 2.04. The van der Waals surface area contributed by atoms with Crippen LogP contribution in [-0.4, -0.2) is 19.7 Å². The van der Waals surface area contributed by atoms with Crippen molar-refractivity contribution in [1.29, 1.82) is 5.26 Å². The molecular formula is C18H28N2O. The Morgan fingerprint density at radius 2 is 1.95 bits per heavy atom. The number of aryl methyl sites for hydroxylation is 1. The van der Waals surface area contributed by atoms with Gasteiger partial charge < -0.3 is 10.1 Å². The number of nitriles is 1. The van der Waals surface area contributed by atoms with Crippen LogP contribution < -0.4 is 10.1 Å². The van der Waals surface area contributed by atoms with Crippen molar-refractivity contribution < 1.29 is 4.74 Å². The first-order chi connectivity index (χ1) is 9.96. The summed E-state index contributed by atoms with van der Waals surface area (Å²) in [5.41, 5.74) is 1.09. The van der Waals surface area contributed by atoms with Crippen molar-refractivity contribution in [3.05, 3.63) is 29.8 Å². The van der Waals surface area contributed by atoms with E-state index in [1.807, 2.05) is 33.0 Å². The van der Waals surface area contributed by atoms with Crippen molar-refractivity contribution in [2.24, 2.45) is 5.41 Å². The minimum Gasteiger partial charge on any atom is -0.494 e. The zero-order valence-corrected chi connectivity index (χ0v) is 13.8. The van der Waals surface area contributed by atoms with E-state index in [2.05, 4.69) is 30.4 Å². The van der Waals surface area contributed by atoms with E-state index in [9.17, 15) is 0 Å². The summed E-state index contributed by atoms with van der Waals surface area (Å²) in [5, 5.41) is 12.2. The van der Waals surface area contributed by atoms with Gasteiger partial charge in [0.05, 0.1) is 18.1 Å². The summed E-state index contributed by atoms with van der Waals surface area (Å²) >= 11 is 0. The Morgan fingerprint density at radius 3 is 2.52 bits per heavy atom. The summed E-state index contributed by atoms with van der Waals surface area (Å²) in [6.45, 7) is 6.79. The molecule has 0 heterocycles. The third-order valence-electron chi connectivity index (χ3n) is 3.80. The number of nitrogens with zero attached hydrogens (tertiary/aromatic N) is 1. The summed E-state index contributed by atoms with van der Waals surface area (Å²) in [5.74, 6) is 0.912. The molecule has 1 rings (SSSR count). The van der Waals surface area contributed by atoms with Crippen LogP contribution in [0.2, 0.25) is 0 Å². The van der Waals surface area contributed by atoms with Gasteiger partial charge in [0.15, 0.2) is 0 Å². The predicted molar refractivity (Wildman–Crippen MR) is 87.4 cm³/mol. The molecule has 0 aliphatic heterocycles. The second kappa shape index (κ2) is 8.69. The Morgan fingerprint density at radius 1 is 1.29 bits per heavy atom. The molecule has 0 saturated carbocycles. The Kier molecular flexibility index (Phi) is 7.25. The zero-order valence-electron chi connectivity index (χ0n) is 13.8. The van der Waals surface area contributed by atoms with Gasteiger partial charge in [-0.2, -0.15) is 5.26 Å². The van der Waals surface area contributed by atoms with Crippen molar-refractivity contribution in [2.45, 2.75) is 52.5 Å². The monoisotopic (exact) mass is 288 g/mol. The summed E-state index contributed by atoms with van der Waals surface area (Å²) < 4.78 is 5.73. The van der Waals surface area contributed by atoms with Crippen LogP contribution in [0.3, 0.4) is 0 Å². The summed E-state index contributed by atoms with van der Waals surface area (Å²) in [4.78, 5) is 0. The fourth-order valence-corrected chi connectivity index (χ4v) is 2.04. The molecule has 0 aliphatic carbocycles. The van der Waals surface area contributed by atoms with Gasteiger partial charge in [-0.3, -0.25) is 0 Å². The largest absolute Gasteiger partial charge is 0.494 e. The highest BCUT2D eigenvalue weighted by Gasteiger charge is 2.15. The van der Waals surface area contributed by atoms with Crippen molar-refractivity contribution in [1.82, 2.24) is 5.32 Å². The van der Waals surface area contributed by atoms with Crippen LogP contribution in [0.4, 0.5) is 0 Å². The molecule has 0 saturated heterocycles. The van der Waals surface area contributed by atoms with Crippen molar-refractivity contribution in [3.63, 3.8) is 0 Å². The second-order valence-electron chi connectivity index (χ2n) is 6.32. The van der Waals surface area contributed by atoms with E-state index >= 15 is 0 Å². The van der Waals surface area contributed by atoms with Gasteiger partial charge in [0.1, 0.15) is 5.75 Å². The van der Waals surface area contributed by atoms with Gasteiger partial charge in [0.25, 0.3) is 0 Å². The van der Waals surface area contributed by atoms with Crippen LogP contribution >= 0.6 is 0 Å². The molecule has 0 fully saturated rings. The lowest BCUT2D eigenvalue weighted by Gasteiger charge is -2.15. The number of nitrogens with one attached hydrogen (secondary N) is 1. The Bertz CT molecular complexity index is 445. The van der Waals surface area contributed by atoms with Gasteiger partial charge in [0, 0.05) is 6.04 Å². The summed E-state index contributed by atoms with van der Waals surface area (Å²) in [6, 6.07) is 11.2. The molecule has 0 spiro atoms. The van der Waals surface area contributed by atoms with E-state index in [0.717, 1.165) is 31.4 Å². The maximum atomic E-state index is 8.95. The molecule has 0 radical (unpaired) electrons. The van der Waals surface area contributed by atoms with Gasteiger partial charge in [-0.05, 0) is 71.2 Å². The lowest BCUT2D eigenvalue weighted by atomic mass is 9.90. The molecule has 1 aromatic rings. The summed E-state index contributed by atoms with van der Waals surface area (Å²) in [7, 11) is 2.00. The van der Waals surface area contributed by atoms with E-state index in [4.69, 9.17) is 10.00 Å². The third kappa shape index (κ3) is 7.15. The van der Waals surface area contributed by atoms with Gasteiger partial charge in [-0.25, -0.2) is 0 Å². The van der Waals surface area contributed by atoms with Gasteiger partial charge in [0.2, 0.25) is 0 Å². The first kappa shape index (κ1) is 17.5. The smallest absolute Gasteiger partial charge is 0.119 e. The molecule has 3 heteroatoms. The number of hydrogen-bond donors (Lipinski definition) is 1. The van der Waals surface area contributed by atoms with E-state index in [0.29, 0.717) is 12.6 Å². The highest BCUT2D eigenvalue weighted by atomic mass is 16.5. The molecule has 0 aromatic heterocycles. The Labute approximate surface area is 129 Å². The molecule has 1 aromatic carbocycles. The Balaban J connectivity index is 2.30. The Hall–Kier alpha value is -1.53. The van der Waals surface area contributed by atoms with Crippen LogP contribution in [0.15, 0.2) is 24.3 Å². The minimum atomic E-state index is -0.253. The van der Waals surface area contributed by atoms with Crippen LogP contribution in [0.1, 0.15) is 45.6 Å². The summed E-state index contributed by atoms with van der Waals surface area (Å²) in [6.07, 6.45) is 3.99. The van der Waals surface area contributed by atoms with Crippen LogP contribution in [0, 0.1) is 16.7 Å². The molecule has 3 nitrogen and oxygen atoms in total. The van der Waals surface area contributed by atoms with Crippen LogP contribution in [0.25, 0.3) is 0 Å². The quantitative estimate of drug-likeness (QED) is 0.700. The standard InChI is InChI=1S/C18H28N2O/c1-15(20-4)6-7-16-8-10-17(11-9-16)21-13-5-12-18(2,3)14-19/h8-11,15,20H,5-7,12-13H2,1-4H3. The van der Waals surface area contributed by atoms with Crippen molar-refractivity contribution in [3.8, 4) is 11.8 Å². The van der Waals surface area contributed by atoms with Crippen molar-refractivity contribution >= 4 is 0 Å². The average Bonchev–Trinajstić information content (AvgIpc) is 2.50. The first-order valence-corrected chi connectivity index (χ1v) is 7.77. The topological polar surface area (TPSA) is 45.0 Å². The third-order valence-corrected chi connectivity index (χ3v) is 3.80. The van der Waals surface area contributed by atoms with Crippen LogP contribution in [-0.2, 0) is 6.42 Å². The molecule has 0 aliphatic rings. The zero-order chi connectivity index (χ0) is 15.7. The molecule has 1 N–H and O–H groups in total. The van der Waals surface area contributed by atoms with Gasteiger partial charge in [-0.15, -0.1) is 0 Å².